The lowest BCUT2D eigenvalue weighted by Crippen LogP contribution is -2.37. The minimum absolute atomic E-state index is 0.0373. The van der Waals surface area contributed by atoms with E-state index in [2.05, 4.69) is 12.0 Å². The van der Waals surface area contributed by atoms with E-state index in [1.807, 2.05) is 6.92 Å². The highest BCUT2D eigenvalue weighted by atomic mass is 35.5. The summed E-state index contributed by atoms with van der Waals surface area (Å²) in [6.45, 7) is 6.06. The van der Waals surface area contributed by atoms with E-state index in [0.29, 0.717) is 29.4 Å². The van der Waals surface area contributed by atoms with E-state index in [4.69, 9.17) is 11.6 Å². The van der Waals surface area contributed by atoms with Crippen molar-refractivity contribution in [2.75, 3.05) is 13.1 Å². The number of carbonyl (C=O) groups is 2. The fourth-order valence-electron chi connectivity index (χ4n) is 3.52. The van der Waals surface area contributed by atoms with Gasteiger partial charge in [0.15, 0.2) is 5.78 Å². The van der Waals surface area contributed by atoms with Gasteiger partial charge >= 0.3 is 0 Å². The fourth-order valence-corrected chi connectivity index (χ4v) is 3.70. The number of hydrogen-bond acceptors (Lipinski definition) is 3. The van der Waals surface area contributed by atoms with Crippen LogP contribution in [0.5, 0.6) is 0 Å². The van der Waals surface area contributed by atoms with Gasteiger partial charge < -0.3 is 4.90 Å². The van der Waals surface area contributed by atoms with E-state index < -0.39 is 5.56 Å². The van der Waals surface area contributed by atoms with Crippen molar-refractivity contribution in [1.82, 2.24) is 14.7 Å². The van der Waals surface area contributed by atoms with Gasteiger partial charge in [-0.1, -0.05) is 56.7 Å². The molecule has 0 atom stereocenters. The Morgan fingerprint density at radius 1 is 1.10 bits per heavy atom. The lowest BCUT2D eigenvalue weighted by atomic mass is 10.1. The zero-order chi connectivity index (χ0) is 22.1. The first kappa shape index (κ1) is 23.9. The predicted molar refractivity (Wildman–Crippen MR) is 121 cm³/mol. The zero-order valence-corrected chi connectivity index (χ0v) is 18.9. The van der Waals surface area contributed by atoms with Crippen LogP contribution < -0.4 is 5.56 Å². The topological polar surface area (TPSA) is 75.2 Å². The van der Waals surface area contributed by atoms with Crippen LogP contribution in [0, 0.1) is 6.92 Å². The van der Waals surface area contributed by atoms with E-state index in [9.17, 15) is 14.4 Å². The Labute approximate surface area is 183 Å². The summed E-state index contributed by atoms with van der Waals surface area (Å²) in [7, 11) is 0. The van der Waals surface area contributed by atoms with Crippen molar-refractivity contribution in [3.63, 3.8) is 0 Å². The molecule has 1 amide bonds. The summed E-state index contributed by atoms with van der Waals surface area (Å²) in [5, 5.41) is 3.43. The number of nitrogens with one attached hydrogen (secondary N) is 1. The van der Waals surface area contributed by atoms with Crippen molar-refractivity contribution in [2.45, 2.75) is 65.7 Å². The van der Waals surface area contributed by atoms with Crippen LogP contribution in [0.3, 0.4) is 0 Å². The summed E-state index contributed by atoms with van der Waals surface area (Å²) < 4.78 is 1.31. The summed E-state index contributed by atoms with van der Waals surface area (Å²) in [4.78, 5) is 39.8. The minimum Gasteiger partial charge on any atom is -0.335 e. The van der Waals surface area contributed by atoms with E-state index in [0.717, 1.165) is 19.3 Å². The Bertz CT molecular complexity index is 917. The van der Waals surface area contributed by atoms with Crippen LogP contribution in [0.25, 0.3) is 5.69 Å². The van der Waals surface area contributed by atoms with Crippen molar-refractivity contribution in [1.29, 1.82) is 0 Å². The number of aryl methyl sites for hydroxylation is 1. The highest BCUT2D eigenvalue weighted by molar-refractivity contribution is 6.30. The molecular formula is C23H32ClN3O3. The number of carbonyl (C=O) groups excluding carboxylic acids is 2. The van der Waals surface area contributed by atoms with Gasteiger partial charge in [0.05, 0.1) is 12.2 Å². The number of Topliss-reactive ketones (excluding diaryl/α,β-unsaturated/α-hetero) is 1. The molecule has 0 radical (unpaired) electrons. The molecule has 2 aromatic rings. The number of benzene rings is 1. The second-order valence-corrected chi connectivity index (χ2v) is 8.02. The third-order valence-electron chi connectivity index (χ3n) is 5.23. The Morgan fingerprint density at radius 2 is 1.80 bits per heavy atom. The van der Waals surface area contributed by atoms with E-state index in [-0.39, 0.29) is 23.8 Å². The fraction of sp³-hybridized carbons (Fsp3) is 0.522. The minimum atomic E-state index is -0.431. The lowest BCUT2D eigenvalue weighted by Gasteiger charge is -2.19. The van der Waals surface area contributed by atoms with Crippen molar-refractivity contribution >= 4 is 23.3 Å². The average molecular weight is 434 g/mol. The van der Waals surface area contributed by atoms with E-state index in [1.54, 1.807) is 31.2 Å². The van der Waals surface area contributed by atoms with Gasteiger partial charge in [0.2, 0.25) is 5.91 Å². The van der Waals surface area contributed by atoms with Gasteiger partial charge in [-0.2, -0.15) is 0 Å². The first-order valence-electron chi connectivity index (χ1n) is 10.8. The van der Waals surface area contributed by atoms with Gasteiger partial charge in [0.25, 0.3) is 5.56 Å². The number of amides is 1. The number of nitrogens with zero attached hydrogens (tertiary/aromatic N) is 2. The molecule has 0 aliphatic heterocycles. The average Bonchev–Trinajstić information content (AvgIpc) is 3.02. The number of aromatic amines is 1. The first-order chi connectivity index (χ1) is 14.4. The molecule has 7 heteroatoms. The highest BCUT2D eigenvalue weighted by Crippen LogP contribution is 2.15. The Morgan fingerprint density at radius 3 is 2.47 bits per heavy atom. The quantitative estimate of drug-likeness (QED) is 0.381. The third kappa shape index (κ3) is 6.33. The summed E-state index contributed by atoms with van der Waals surface area (Å²) >= 11 is 6.02. The molecule has 1 aromatic heterocycles. The molecule has 2 rings (SSSR count). The van der Waals surface area contributed by atoms with Crippen molar-refractivity contribution < 1.29 is 9.59 Å². The summed E-state index contributed by atoms with van der Waals surface area (Å²) in [6.07, 6.45) is 7.06. The van der Waals surface area contributed by atoms with Crippen LogP contribution in [-0.2, 0) is 4.79 Å². The second kappa shape index (κ2) is 11.7. The number of rotatable bonds is 12. The summed E-state index contributed by atoms with van der Waals surface area (Å²) in [5.74, 6) is -0.391. The van der Waals surface area contributed by atoms with Crippen molar-refractivity contribution in [3.8, 4) is 5.69 Å². The number of hydrogen-bond donors (Lipinski definition) is 1. The molecule has 6 nitrogen and oxygen atoms in total. The molecule has 0 aliphatic carbocycles. The van der Waals surface area contributed by atoms with Gasteiger partial charge in [-0.05, 0) is 38.5 Å². The maximum atomic E-state index is 12.9. The number of unbranched alkanes of at least 4 members (excludes halogenated alkanes) is 5. The second-order valence-electron chi connectivity index (χ2n) is 7.58. The smallest absolute Gasteiger partial charge is 0.282 e. The third-order valence-corrected chi connectivity index (χ3v) is 5.46. The zero-order valence-electron chi connectivity index (χ0n) is 18.2. The van der Waals surface area contributed by atoms with Gasteiger partial charge in [0, 0.05) is 23.7 Å². The molecule has 0 fully saturated rings. The molecular weight excluding hydrogens is 402 g/mol. The molecule has 0 saturated carbocycles. The summed E-state index contributed by atoms with van der Waals surface area (Å²) in [6, 6.07) is 6.84. The number of likely N-dealkylation sites (N-methyl/N-ethyl adjacent to an activating group) is 1. The molecule has 0 saturated heterocycles. The maximum Gasteiger partial charge on any atom is 0.282 e. The molecule has 1 aromatic carbocycles. The number of H-pyrrole nitrogens is 1. The molecule has 0 unspecified atom stereocenters. The summed E-state index contributed by atoms with van der Waals surface area (Å²) in [5.41, 5.74) is 0.686. The Hall–Kier alpha value is -2.34. The number of aromatic nitrogens is 2. The van der Waals surface area contributed by atoms with Crippen LogP contribution in [-0.4, -0.2) is 39.5 Å². The molecule has 0 aliphatic rings. The van der Waals surface area contributed by atoms with Gasteiger partial charge in [-0.15, -0.1) is 0 Å². The van der Waals surface area contributed by atoms with Gasteiger partial charge in [0.1, 0.15) is 5.56 Å². The standard InChI is InChI=1S/C23H32ClN3O3/c1-4-6-7-8-9-10-14-21(29)26(5-2)16-20(28)22-17(3)25-27(23(22)30)19-13-11-12-18(24)15-19/h11-13,15,25H,4-10,14,16H2,1-3H3. The lowest BCUT2D eigenvalue weighted by molar-refractivity contribution is -0.130. The van der Waals surface area contributed by atoms with Crippen molar-refractivity contribution in [3.05, 3.63) is 50.9 Å². The number of ketones is 1. The van der Waals surface area contributed by atoms with Crippen molar-refractivity contribution in [2.24, 2.45) is 0 Å². The molecule has 0 bridgehead atoms. The molecule has 1 N–H and O–H groups in total. The van der Waals surface area contributed by atoms with Crippen LogP contribution >= 0.6 is 11.6 Å². The maximum absolute atomic E-state index is 12.9. The highest BCUT2D eigenvalue weighted by Gasteiger charge is 2.23. The Balaban J connectivity index is 2.03. The predicted octanol–water partition coefficient (Wildman–Crippen LogP) is 4.91. The van der Waals surface area contributed by atoms with E-state index >= 15 is 0 Å². The first-order valence-corrected chi connectivity index (χ1v) is 11.1. The molecule has 1 heterocycles. The van der Waals surface area contributed by atoms with E-state index in [1.165, 1.54) is 28.8 Å². The molecule has 0 spiro atoms. The van der Waals surface area contributed by atoms with Crippen LogP contribution in [0.1, 0.15) is 74.8 Å². The van der Waals surface area contributed by atoms with Gasteiger partial charge in [-0.25, -0.2) is 4.68 Å². The van der Waals surface area contributed by atoms with Gasteiger partial charge in [-0.3, -0.25) is 19.5 Å². The monoisotopic (exact) mass is 433 g/mol. The van der Waals surface area contributed by atoms with Crippen LogP contribution in [0.4, 0.5) is 0 Å². The largest absolute Gasteiger partial charge is 0.335 e. The molecule has 164 valence electrons. The van der Waals surface area contributed by atoms with Crippen LogP contribution in [0.2, 0.25) is 5.02 Å². The molecule has 30 heavy (non-hydrogen) atoms. The SMILES string of the molecule is CCCCCCCCC(=O)N(CC)CC(=O)c1c(C)[nH]n(-c2cccc(Cl)c2)c1=O. The number of halogens is 1. The normalized spacial score (nSPS) is 10.9. The van der Waals surface area contributed by atoms with Crippen LogP contribution in [0.15, 0.2) is 29.1 Å². The Kier molecular flexibility index (Phi) is 9.37.